The minimum absolute atomic E-state index is 0.729. The monoisotopic (exact) mass is 307 g/mol. The van der Waals surface area contributed by atoms with Crippen molar-refractivity contribution < 1.29 is 0 Å². The van der Waals surface area contributed by atoms with Gasteiger partial charge in [-0.3, -0.25) is 0 Å². The number of rotatable bonds is 7. The van der Waals surface area contributed by atoms with Crippen LogP contribution in [0.2, 0.25) is 5.02 Å². The molecule has 1 aliphatic carbocycles. The molecule has 1 aliphatic rings. The van der Waals surface area contributed by atoms with Crippen molar-refractivity contribution >= 4 is 11.6 Å². The highest BCUT2D eigenvalue weighted by Crippen LogP contribution is 2.32. The Morgan fingerprint density at radius 1 is 1.05 bits per heavy atom. The second-order valence-corrected chi connectivity index (χ2v) is 7.48. The van der Waals surface area contributed by atoms with E-state index in [2.05, 4.69) is 31.3 Å². The van der Waals surface area contributed by atoms with E-state index in [1.807, 2.05) is 12.1 Å². The normalized spacial score (nSPS) is 18.1. The molecule has 1 aromatic carbocycles. The quantitative estimate of drug-likeness (QED) is 0.718. The Morgan fingerprint density at radius 3 is 2.33 bits per heavy atom. The molecule has 0 aromatic heterocycles. The predicted molar refractivity (Wildman–Crippen MR) is 92.9 cm³/mol. The molecular formula is C19H30ClN. The fourth-order valence-corrected chi connectivity index (χ4v) is 3.62. The molecule has 0 heterocycles. The van der Waals surface area contributed by atoms with Crippen LogP contribution in [0.5, 0.6) is 0 Å². The first-order chi connectivity index (χ1) is 10.1. The summed E-state index contributed by atoms with van der Waals surface area (Å²) in [7, 11) is 0. The summed E-state index contributed by atoms with van der Waals surface area (Å²) >= 11 is 6.00. The van der Waals surface area contributed by atoms with E-state index in [0.717, 1.165) is 35.9 Å². The van der Waals surface area contributed by atoms with Gasteiger partial charge in [0.2, 0.25) is 0 Å². The summed E-state index contributed by atoms with van der Waals surface area (Å²) in [5.41, 5.74) is 1.43. The molecule has 0 radical (unpaired) electrons. The van der Waals surface area contributed by atoms with Crippen molar-refractivity contribution in [2.45, 2.75) is 52.4 Å². The smallest absolute Gasteiger partial charge is 0.0406 e. The van der Waals surface area contributed by atoms with Gasteiger partial charge in [0.05, 0.1) is 0 Å². The summed E-state index contributed by atoms with van der Waals surface area (Å²) < 4.78 is 0. The Morgan fingerprint density at radius 2 is 1.71 bits per heavy atom. The SMILES string of the molecule is CC(C)CNCC(Cc1ccc(Cl)cc1)C1CCCCC1. The molecule has 2 heteroatoms. The van der Waals surface area contributed by atoms with Crippen molar-refractivity contribution in [1.82, 2.24) is 5.32 Å². The fourth-order valence-electron chi connectivity index (χ4n) is 3.49. The average Bonchev–Trinajstić information content (AvgIpc) is 2.49. The lowest BCUT2D eigenvalue weighted by atomic mass is 9.77. The number of benzene rings is 1. The molecule has 0 spiro atoms. The van der Waals surface area contributed by atoms with E-state index < -0.39 is 0 Å². The van der Waals surface area contributed by atoms with Crippen molar-refractivity contribution in [3.63, 3.8) is 0 Å². The Bertz CT molecular complexity index is 393. The van der Waals surface area contributed by atoms with Crippen molar-refractivity contribution in [2.75, 3.05) is 13.1 Å². The molecule has 1 atom stereocenters. The summed E-state index contributed by atoms with van der Waals surface area (Å²) in [4.78, 5) is 0. The third-order valence-electron chi connectivity index (χ3n) is 4.69. The zero-order chi connectivity index (χ0) is 15.1. The Labute approximate surface area is 135 Å². The average molecular weight is 308 g/mol. The first-order valence-corrected chi connectivity index (χ1v) is 8.98. The van der Waals surface area contributed by atoms with E-state index in [1.54, 1.807) is 0 Å². The van der Waals surface area contributed by atoms with Gasteiger partial charge in [0.15, 0.2) is 0 Å². The van der Waals surface area contributed by atoms with Gasteiger partial charge in [-0.05, 0) is 55.0 Å². The molecule has 118 valence electrons. The van der Waals surface area contributed by atoms with Crippen LogP contribution in [0.15, 0.2) is 24.3 Å². The third-order valence-corrected chi connectivity index (χ3v) is 4.94. The summed E-state index contributed by atoms with van der Waals surface area (Å²) in [6, 6.07) is 8.44. The zero-order valence-electron chi connectivity index (χ0n) is 13.6. The molecule has 0 bridgehead atoms. The van der Waals surface area contributed by atoms with Crippen molar-refractivity contribution in [3.05, 3.63) is 34.9 Å². The molecule has 2 rings (SSSR count). The second-order valence-electron chi connectivity index (χ2n) is 7.04. The Kier molecular flexibility index (Phi) is 7.06. The first kappa shape index (κ1) is 16.8. The zero-order valence-corrected chi connectivity index (χ0v) is 14.3. The summed E-state index contributed by atoms with van der Waals surface area (Å²) in [5, 5.41) is 4.53. The summed E-state index contributed by atoms with van der Waals surface area (Å²) in [6.07, 6.45) is 8.30. The first-order valence-electron chi connectivity index (χ1n) is 8.60. The number of hydrogen-bond donors (Lipinski definition) is 1. The summed E-state index contributed by atoms with van der Waals surface area (Å²) in [5.74, 6) is 2.40. The van der Waals surface area contributed by atoms with Gasteiger partial charge in [0, 0.05) is 5.02 Å². The topological polar surface area (TPSA) is 12.0 Å². The van der Waals surface area contributed by atoms with Gasteiger partial charge in [-0.25, -0.2) is 0 Å². The van der Waals surface area contributed by atoms with Crippen LogP contribution in [0.3, 0.4) is 0 Å². The highest BCUT2D eigenvalue weighted by Gasteiger charge is 2.23. The Balaban J connectivity index is 1.94. The van der Waals surface area contributed by atoms with Gasteiger partial charge in [-0.1, -0.05) is 69.7 Å². The van der Waals surface area contributed by atoms with E-state index in [-0.39, 0.29) is 0 Å². The van der Waals surface area contributed by atoms with Crippen molar-refractivity contribution in [3.8, 4) is 0 Å². The molecule has 21 heavy (non-hydrogen) atoms. The van der Waals surface area contributed by atoms with E-state index in [1.165, 1.54) is 44.1 Å². The van der Waals surface area contributed by atoms with E-state index in [4.69, 9.17) is 11.6 Å². The van der Waals surface area contributed by atoms with Crippen LogP contribution >= 0.6 is 11.6 Å². The minimum Gasteiger partial charge on any atom is -0.316 e. The summed E-state index contributed by atoms with van der Waals surface area (Å²) in [6.45, 7) is 6.85. The number of hydrogen-bond acceptors (Lipinski definition) is 1. The minimum atomic E-state index is 0.729. The number of halogens is 1. The van der Waals surface area contributed by atoms with E-state index in [0.29, 0.717) is 0 Å². The van der Waals surface area contributed by atoms with Crippen LogP contribution < -0.4 is 5.32 Å². The molecule has 0 saturated heterocycles. The highest BCUT2D eigenvalue weighted by molar-refractivity contribution is 6.30. The van der Waals surface area contributed by atoms with Gasteiger partial charge in [-0.15, -0.1) is 0 Å². The van der Waals surface area contributed by atoms with E-state index in [9.17, 15) is 0 Å². The maximum absolute atomic E-state index is 6.00. The molecular weight excluding hydrogens is 278 g/mol. The molecule has 1 saturated carbocycles. The van der Waals surface area contributed by atoms with Crippen LogP contribution in [-0.2, 0) is 6.42 Å². The fraction of sp³-hybridized carbons (Fsp3) is 0.684. The molecule has 0 aliphatic heterocycles. The molecule has 1 N–H and O–H groups in total. The molecule has 0 amide bonds. The van der Waals surface area contributed by atoms with Crippen LogP contribution in [0.1, 0.15) is 51.5 Å². The molecule has 1 unspecified atom stereocenters. The predicted octanol–water partition coefficient (Wildman–Crippen LogP) is 5.32. The largest absolute Gasteiger partial charge is 0.316 e. The van der Waals surface area contributed by atoms with Gasteiger partial charge >= 0.3 is 0 Å². The standard InChI is InChI=1S/C19H30ClN/c1-15(2)13-21-14-18(17-6-4-3-5-7-17)12-16-8-10-19(20)11-9-16/h8-11,15,17-18,21H,3-7,12-14H2,1-2H3. The van der Waals surface area contributed by atoms with Crippen LogP contribution in [0, 0.1) is 17.8 Å². The van der Waals surface area contributed by atoms with Gasteiger partial charge in [0.1, 0.15) is 0 Å². The highest BCUT2D eigenvalue weighted by atomic mass is 35.5. The molecule has 1 nitrogen and oxygen atoms in total. The van der Waals surface area contributed by atoms with Crippen LogP contribution in [0.25, 0.3) is 0 Å². The lowest BCUT2D eigenvalue weighted by molar-refractivity contribution is 0.238. The van der Waals surface area contributed by atoms with Crippen molar-refractivity contribution in [2.24, 2.45) is 17.8 Å². The van der Waals surface area contributed by atoms with Crippen LogP contribution in [0.4, 0.5) is 0 Å². The van der Waals surface area contributed by atoms with Crippen LogP contribution in [-0.4, -0.2) is 13.1 Å². The lowest BCUT2D eigenvalue weighted by Crippen LogP contribution is -2.32. The maximum atomic E-state index is 6.00. The number of nitrogens with one attached hydrogen (secondary N) is 1. The van der Waals surface area contributed by atoms with Gasteiger partial charge in [0.25, 0.3) is 0 Å². The maximum Gasteiger partial charge on any atom is 0.0406 e. The molecule has 1 fully saturated rings. The second kappa shape index (κ2) is 8.80. The molecule has 1 aromatic rings. The third kappa shape index (κ3) is 6.00. The van der Waals surface area contributed by atoms with E-state index >= 15 is 0 Å². The van der Waals surface area contributed by atoms with Gasteiger partial charge < -0.3 is 5.32 Å². The van der Waals surface area contributed by atoms with Gasteiger partial charge in [-0.2, -0.15) is 0 Å². The Hall–Kier alpha value is -0.530. The lowest BCUT2D eigenvalue weighted by Gasteiger charge is -2.31. The van der Waals surface area contributed by atoms with Crippen molar-refractivity contribution in [1.29, 1.82) is 0 Å².